The second kappa shape index (κ2) is 9.71. The van der Waals surface area contributed by atoms with Crippen molar-refractivity contribution < 1.29 is 14.3 Å². The molecule has 0 bridgehead atoms. The maximum absolute atomic E-state index is 12.7. The van der Waals surface area contributed by atoms with Crippen molar-refractivity contribution in [2.45, 2.75) is 39.9 Å². The first-order valence-corrected chi connectivity index (χ1v) is 9.02. The third kappa shape index (κ3) is 5.81. The second-order valence-electron chi connectivity index (χ2n) is 6.72. The summed E-state index contributed by atoms with van der Waals surface area (Å²) in [5, 5.41) is 2.88. The first-order valence-electron chi connectivity index (χ1n) is 9.02. The number of nitrogens with zero attached hydrogens (tertiary/aromatic N) is 2. The molecule has 6 heteroatoms. The molecule has 0 spiro atoms. The Morgan fingerprint density at radius 2 is 1.81 bits per heavy atom. The van der Waals surface area contributed by atoms with Gasteiger partial charge in [-0.15, -0.1) is 0 Å². The van der Waals surface area contributed by atoms with Crippen LogP contribution in [0.25, 0.3) is 0 Å². The topological polar surface area (TPSA) is 71.5 Å². The van der Waals surface area contributed by atoms with E-state index in [1.807, 2.05) is 50.2 Å². The molecule has 0 saturated carbocycles. The molecule has 1 aromatic carbocycles. The van der Waals surface area contributed by atoms with Crippen molar-refractivity contribution in [3.05, 3.63) is 59.9 Å². The fourth-order valence-electron chi connectivity index (χ4n) is 2.65. The lowest BCUT2D eigenvalue weighted by Crippen LogP contribution is -2.48. The highest BCUT2D eigenvalue weighted by Gasteiger charge is 2.27. The van der Waals surface area contributed by atoms with Crippen LogP contribution in [0.1, 0.15) is 31.9 Å². The first kappa shape index (κ1) is 20.4. The number of amides is 2. The van der Waals surface area contributed by atoms with E-state index in [-0.39, 0.29) is 17.7 Å². The zero-order valence-corrected chi connectivity index (χ0v) is 16.3. The molecule has 6 nitrogen and oxygen atoms in total. The van der Waals surface area contributed by atoms with E-state index >= 15 is 0 Å². The lowest BCUT2D eigenvalue weighted by atomic mass is 10.1. The highest BCUT2D eigenvalue weighted by molar-refractivity contribution is 5.88. The Labute approximate surface area is 160 Å². The zero-order valence-electron chi connectivity index (χ0n) is 16.3. The molecule has 0 aliphatic carbocycles. The summed E-state index contributed by atoms with van der Waals surface area (Å²) in [5.74, 6) is 0.302. The zero-order chi connectivity index (χ0) is 19.8. The average molecular weight is 369 g/mol. The normalized spacial score (nSPS) is 11.7. The van der Waals surface area contributed by atoms with Crippen LogP contribution in [0.4, 0.5) is 0 Å². The van der Waals surface area contributed by atoms with Crippen molar-refractivity contribution in [2.24, 2.45) is 5.92 Å². The highest BCUT2D eigenvalue weighted by atomic mass is 16.5. The lowest BCUT2D eigenvalue weighted by Gasteiger charge is -2.30. The van der Waals surface area contributed by atoms with Crippen molar-refractivity contribution in [3.8, 4) is 5.75 Å². The molecule has 2 aromatic rings. The molecular weight excluding hydrogens is 342 g/mol. The largest absolute Gasteiger partial charge is 0.497 e. The van der Waals surface area contributed by atoms with Gasteiger partial charge in [-0.3, -0.25) is 14.6 Å². The summed E-state index contributed by atoms with van der Waals surface area (Å²) in [6.07, 6.45) is 3.39. The summed E-state index contributed by atoms with van der Waals surface area (Å²) in [6.45, 7) is 6.17. The summed E-state index contributed by atoms with van der Waals surface area (Å²) in [7, 11) is 1.61. The summed E-state index contributed by atoms with van der Waals surface area (Å²) in [5.41, 5.74) is 1.85. The predicted octanol–water partition coefficient (Wildman–Crippen LogP) is 2.78. The van der Waals surface area contributed by atoms with Crippen molar-refractivity contribution in [1.82, 2.24) is 15.2 Å². The van der Waals surface area contributed by atoms with Gasteiger partial charge in [-0.25, -0.2) is 0 Å². The van der Waals surface area contributed by atoms with E-state index in [0.717, 1.165) is 16.9 Å². The lowest BCUT2D eigenvalue weighted by molar-refractivity contribution is -0.143. The molecule has 0 radical (unpaired) electrons. The standard InChI is InChI=1S/C21H27N3O3/c1-15(2)21(26)24(14-17-7-9-19(27-4)10-8-17)16(3)20(25)23-13-18-6-5-11-22-12-18/h5-12,15-16H,13-14H2,1-4H3,(H,23,25)/t16-/m0/s1. The van der Waals surface area contributed by atoms with E-state index < -0.39 is 6.04 Å². The van der Waals surface area contributed by atoms with Crippen LogP contribution >= 0.6 is 0 Å². The molecule has 1 N–H and O–H groups in total. The Bertz CT molecular complexity index is 745. The third-order valence-electron chi connectivity index (χ3n) is 4.33. The minimum atomic E-state index is -0.585. The van der Waals surface area contributed by atoms with Crippen molar-refractivity contribution in [2.75, 3.05) is 7.11 Å². The molecule has 27 heavy (non-hydrogen) atoms. The molecule has 0 fully saturated rings. The summed E-state index contributed by atoms with van der Waals surface area (Å²) < 4.78 is 5.17. The van der Waals surface area contributed by atoms with E-state index in [1.165, 1.54) is 0 Å². The van der Waals surface area contributed by atoms with E-state index in [1.54, 1.807) is 31.3 Å². The Morgan fingerprint density at radius 3 is 2.37 bits per heavy atom. The fraction of sp³-hybridized carbons (Fsp3) is 0.381. The maximum atomic E-state index is 12.7. The molecule has 1 atom stereocenters. The van der Waals surface area contributed by atoms with Gasteiger partial charge < -0.3 is 15.0 Å². The molecule has 2 amide bonds. The van der Waals surface area contributed by atoms with Crippen LogP contribution in [-0.2, 0) is 22.7 Å². The number of carbonyl (C=O) groups is 2. The van der Waals surface area contributed by atoms with Crippen LogP contribution < -0.4 is 10.1 Å². The van der Waals surface area contributed by atoms with Crippen LogP contribution in [-0.4, -0.2) is 34.8 Å². The van der Waals surface area contributed by atoms with Crippen molar-refractivity contribution in [3.63, 3.8) is 0 Å². The number of rotatable bonds is 8. The Balaban J connectivity index is 2.09. The smallest absolute Gasteiger partial charge is 0.242 e. The Morgan fingerprint density at radius 1 is 1.11 bits per heavy atom. The van der Waals surface area contributed by atoms with Gasteiger partial charge in [0, 0.05) is 31.4 Å². The molecule has 0 unspecified atom stereocenters. The van der Waals surface area contributed by atoms with Gasteiger partial charge >= 0.3 is 0 Å². The Hall–Kier alpha value is -2.89. The predicted molar refractivity (Wildman–Crippen MR) is 104 cm³/mol. The molecule has 0 aliphatic heterocycles. The summed E-state index contributed by atoms with van der Waals surface area (Å²) in [4.78, 5) is 31.0. The molecular formula is C21H27N3O3. The van der Waals surface area contributed by atoms with E-state index in [0.29, 0.717) is 13.1 Å². The number of benzene rings is 1. The van der Waals surface area contributed by atoms with Crippen LogP contribution in [0.15, 0.2) is 48.8 Å². The van der Waals surface area contributed by atoms with Crippen LogP contribution in [0.2, 0.25) is 0 Å². The van der Waals surface area contributed by atoms with Gasteiger partial charge in [0.1, 0.15) is 11.8 Å². The van der Waals surface area contributed by atoms with Crippen molar-refractivity contribution in [1.29, 1.82) is 0 Å². The number of hydrogen-bond acceptors (Lipinski definition) is 4. The number of nitrogens with one attached hydrogen (secondary N) is 1. The number of hydrogen-bond donors (Lipinski definition) is 1. The molecule has 1 heterocycles. The van der Waals surface area contributed by atoms with Gasteiger partial charge in [0.05, 0.1) is 7.11 Å². The SMILES string of the molecule is COc1ccc(CN(C(=O)C(C)C)[C@@H](C)C(=O)NCc2cccnc2)cc1. The van der Waals surface area contributed by atoms with Gasteiger partial charge in [-0.2, -0.15) is 0 Å². The first-order chi connectivity index (χ1) is 12.9. The second-order valence-corrected chi connectivity index (χ2v) is 6.72. The molecule has 1 aromatic heterocycles. The number of methoxy groups -OCH3 is 1. The van der Waals surface area contributed by atoms with Gasteiger partial charge in [-0.1, -0.05) is 32.0 Å². The number of carbonyl (C=O) groups excluding carboxylic acids is 2. The fourth-order valence-corrected chi connectivity index (χ4v) is 2.65. The van der Waals surface area contributed by atoms with Crippen LogP contribution in [0, 0.1) is 5.92 Å². The van der Waals surface area contributed by atoms with Gasteiger partial charge in [0.15, 0.2) is 0 Å². The maximum Gasteiger partial charge on any atom is 0.242 e. The van der Waals surface area contributed by atoms with Crippen LogP contribution in [0.3, 0.4) is 0 Å². The number of ether oxygens (including phenoxy) is 1. The minimum absolute atomic E-state index is 0.0603. The van der Waals surface area contributed by atoms with Gasteiger partial charge in [0.2, 0.25) is 11.8 Å². The average Bonchev–Trinajstić information content (AvgIpc) is 2.70. The highest BCUT2D eigenvalue weighted by Crippen LogP contribution is 2.16. The monoisotopic (exact) mass is 369 g/mol. The van der Waals surface area contributed by atoms with Crippen LogP contribution in [0.5, 0.6) is 5.75 Å². The molecule has 0 saturated heterocycles. The third-order valence-corrected chi connectivity index (χ3v) is 4.33. The van der Waals surface area contributed by atoms with Gasteiger partial charge in [0.25, 0.3) is 0 Å². The quantitative estimate of drug-likeness (QED) is 0.777. The van der Waals surface area contributed by atoms with Crippen molar-refractivity contribution >= 4 is 11.8 Å². The van der Waals surface area contributed by atoms with E-state index in [4.69, 9.17) is 4.74 Å². The summed E-state index contributed by atoms with van der Waals surface area (Å²) >= 11 is 0. The molecule has 0 aliphatic rings. The number of pyridine rings is 1. The summed E-state index contributed by atoms with van der Waals surface area (Å²) in [6, 6.07) is 10.6. The molecule has 144 valence electrons. The number of aromatic nitrogens is 1. The van der Waals surface area contributed by atoms with E-state index in [9.17, 15) is 9.59 Å². The van der Waals surface area contributed by atoms with E-state index in [2.05, 4.69) is 10.3 Å². The van der Waals surface area contributed by atoms with Gasteiger partial charge in [-0.05, 0) is 36.2 Å². The minimum Gasteiger partial charge on any atom is -0.497 e. The molecule has 2 rings (SSSR count). The Kier molecular flexibility index (Phi) is 7.34.